The number of fused-ring (bicyclic) bond motifs is 1. The van der Waals surface area contributed by atoms with E-state index in [4.69, 9.17) is 14.6 Å². The number of benzene rings is 2. The first-order valence-corrected chi connectivity index (χ1v) is 12.0. The van der Waals surface area contributed by atoms with E-state index in [2.05, 4.69) is 17.2 Å². The second-order valence-electron chi connectivity index (χ2n) is 8.40. The van der Waals surface area contributed by atoms with Gasteiger partial charge in [-0.2, -0.15) is 5.10 Å². The smallest absolute Gasteiger partial charge is 0.259 e. The number of aryl methyl sites for hydroxylation is 4. The van der Waals surface area contributed by atoms with Gasteiger partial charge in [-0.25, -0.2) is 9.50 Å². The van der Waals surface area contributed by atoms with E-state index in [0.29, 0.717) is 35.9 Å². The minimum absolute atomic E-state index is 0.199. The summed E-state index contributed by atoms with van der Waals surface area (Å²) < 4.78 is 13.3. The minimum atomic E-state index is -0.199. The highest BCUT2D eigenvalue weighted by Gasteiger charge is 2.21. The van der Waals surface area contributed by atoms with E-state index in [-0.39, 0.29) is 5.91 Å². The third-order valence-electron chi connectivity index (χ3n) is 6.11. The topological polar surface area (TPSA) is 77.8 Å². The van der Waals surface area contributed by atoms with Gasteiger partial charge in [-0.1, -0.05) is 31.2 Å². The van der Waals surface area contributed by atoms with Crippen LogP contribution < -0.4 is 14.8 Å². The Balaban J connectivity index is 1.75. The summed E-state index contributed by atoms with van der Waals surface area (Å²) in [5.41, 5.74) is 7.53. The quantitative estimate of drug-likeness (QED) is 0.344. The zero-order chi connectivity index (χ0) is 25.1. The van der Waals surface area contributed by atoms with Crippen LogP contribution in [0.1, 0.15) is 53.6 Å². The molecule has 0 atom stereocenters. The van der Waals surface area contributed by atoms with Crippen LogP contribution in [0.2, 0.25) is 0 Å². The van der Waals surface area contributed by atoms with Gasteiger partial charge in [-0.3, -0.25) is 4.79 Å². The maximum Gasteiger partial charge on any atom is 0.259 e. The Kier molecular flexibility index (Phi) is 7.05. The van der Waals surface area contributed by atoms with Crippen molar-refractivity contribution < 1.29 is 14.3 Å². The number of anilines is 1. The molecule has 2 aromatic heterocycles. The van der Waals surface area contributed by atoms with Crippen LogP contribution in [0.4, 0.5) is 5.69 Å². The summed E-state index contributed by atoms with van der Waals surface area (Å²) in [7, 11) is 0. The van der Waals surface area contributed by atoms with E-state index >= 15 is 0 Å². The largest absolute Gasteiger partial charge is 0.490 e. The summed E-state index contributed by atoms with van der Waals surface area (Å²) in [6.07, 6.45) is 2.47. The average molecular weight is 473 g/mol. The Morgan fingerprint density at radius 2 is 1.74 bits per heavy atom. The van der Waals surface area contributed by atoms with Crippen molar-refractivity contribution in [2.75, 3.05) is 18.5 Å². The van der Waals surface area contributed by atoms with Gasteiger partial charge in [0.1, 0.15) is 0 Å². The number of carbonyl (C=O) groups excluding carboxylic acids is 1. The molecule has 1 N–H and O–H groups in total. The van der Waals surface area contributed by atoms with E-state index in [9.17, 15) is 4.79 Å². The van der Waals surface area contributed by atoms with Crippen LogP contribution in [0.3, 0.4) is 0 Å². The van der Waals surface area contributed by atoms with Crippen LogP contribution in [-0.4, -0.2) is 33.7 Å². The van der Waals surface area contributed by atoms with Crippen molar-refractivity contribution in [3.8, 4) is 22.6 Å². The van der Waals surface area contributed by atoms with Gasteiger partial charge < -0.3 is 14.8 Å². The standard InChI is InChI=1S/C28H32N4O3/c1-7-20-12-10-11-17(4)26(20)30-28(33)22-16-29-27-25(18(5)31-32(27)19(22)6)21-13-14-23(34-8-2)24(15-21)35-9-3/h10-16H,7-9H2,1-6H3,(H,30,33). The number of nitrogens with one attached hydrogen (secondary N) is 1. The molecule has 182 valence electrons. The number of hydrogen-bond donors (Lipinski definition) is 1. The molecule has 0 radical (unpaired) electrons. The van der Waals surface area contributed by atoms with Crippen molar-refractivity contribution in [1.82, 2.24) is 14.6 Å². The number of hydrogen-bond acceptors (Lipinski definition) is 5. The lowest BCUT2D eigenvalue weighted by Gasteiger charge is -2.14. The molecule has 0 unspecified atom stereocenters. The highest BCUT2D eigenvalue weighted by molar-refractivity contribution is 6.06. The Morgan fingerprint density at radius 1 is 1.00 bits per heavy atom. The lowest BCUT2D eigenvalue weighted by atomic mass is 10.0. The predicted octanol–water partition coefficient (Wildman–Crippen LogP) is 5.93. The molecule has 7 nitrogen and oxygen atoms in total. The first kappa shape index (κ1) is 24.3. The Labute approximate surface area is 206 Å². The molecule has 0 bridgehead atoms. The van der Waals surface area contributed by atoms with Crippen molar-refractivity contribution in [2.24, 2.45) is 0 Å². The molecule has 2 aromatic carbocycles. The molecular formula is C28H32N4O3. The van der Waals surface area contributed by atoms with E-state index in [1.54, 1.807) is 10.7 Å². The van der Waals surface area contributed by atoms with Crippen LogP contribution in [0.25, 0.3) is 16.8 Å². The maximum absolute atomic E-state index is 13.3. The zero-order valence-electron chi connectivity index (χ0n) is 21.2. The lowest BCUT2D eigenvalue weighted by molar-refractivity contribution is 0.102. The van der Waals surface area contributed by atoms with Crippen molar-refractivity contribution in [3.63, 3.8) is 0 Å². The van der Waals surface area contributed by atoms with Crippen molar-refractivity contribution in [1.29, 1.82) is 0 Å². The summed E-state index contributed by atoms with van der Waals surface area (Å²) in [6, 6.07) is 11.9. The van der Waals surface area contributed by atoms with Gasteiger partial charge in [0.05, 0.1) is 30.2 Å². The number of ether oxygens (including phenoxy) is 2. The second-order valence-corrected chi connectivity index (χ2v) is 8.40. The van der Waals surface area contributed by atoms with Crippen molar-refractivity contribution in [3.05, 3.63) is 70.7 Å². The van der Waals surface area contributed by atoms with E-state index < -0.39 is 0 Å². The summed E-state index contributed by atoms with van der Waals surface area (Å²) in [5, 5.41) is 7.82. The molecule has 1 amide bonds. The first-order chi connectivity index (χ1) is 16.9. The van der Waals surface area contributed by atoms with Gasteiger partial charge in [0.2, 0.25) is 0 Å². The average Bonchev–Trinajstić information content (AvgIpc) is 3.18. The maximum atomic E-state index is 13.3. The molecule has 0 saturated carbocycles. The van der Waals surface area contributed by atoms with Crippen LogP contribution in [0, 0.1) is 20.8 Å². The third kappa shape index (κ3) is 4.58. The molecule has 0 fully saturated rings. The van der Waals surface area contributed by atoms with Crippen LogP contribution in [0.5, 0.6) is 11.5 Å². The van der Waals surface area contributed by atoms with Gasteiger partial charge in [-0.05, 0) is 69.9 Å². The van der Waals surface area contributed by atoms with Gasteiger partial charge in [-0.15, -0.1) is 0 Å². The third-order valence-corrected chi connectivity index (χ3v) is 6.11. The fraction of sp³-hybridized carbons (Fsp3) is 0.321. The number of aromatic nitrogens is 3. The van der Waals surface area contributed by atoms with Gasteiger partial charge in [0, 0.05) is 17.4 Å². The number of para-hydroxylation sites is 1. The van der Waals surface area contributed by atoms with E-state index in [1.807, 2.05) is 71.0 Å². The van der Waals surface area contributed by atoms with Gasteiger partial charge >= 0.3 is 0 Å². The SMILES string of the molecule is CCOc1ccc(-c2c(C)nn3c(C)c(C(=O)Nc4c(C)cccc4CC)cnc23)cc1OCC. The fourth-order valence-corrected chi connectivity index (χ4v) is 4.35. The van der Waals surface area contributed by atoms with E-state index in [0.717, 1.165) is 45.7 Å². The van der Waals surface area contributed by atoms with Gasteiger partial charge in [0.15, 0.2) is 17.1 Å². The number of carbonyl (C=O) groups is 1. The minimum Gasteiger partial charge on any atom is -0.490 e. The van der Waals surface area contributed by atoms with Crippen LogP contribution >= 0.6 is 0 Å². The number of rotatable bonds is 8. The highest BCUT2D eigenvalue weighted by atomic mass is 16.5. The molecular weight excluding hydrogens is 440 g/mol. The molecule has 4 rings (SSSR count). The molecule has 0 spiro atoms. The summed E-state index contributed by atoms with van der Waals surface area (Å²) in [6.45, 7) is 12.9. The molecule has 7 heteroatoms. The summed E-state index contributed by atoms with van der Waals surface area (Å²) in [5.74, 6) is 1.19. The highest BCUT2D eigenvalue weighted by Crippen LogP contribution is 2.36. The molecule has 2 heterocycles. The van der Waals surface area contributed by atoms with Crippen molar-refractivity contribution >= 4 is 17.2 Å². The van der Waals surface area contributed by atoms with Crippen LogP contribution in [0.15, 0.2) is 42.6 Å². The normalized spacial score (nSPS) is 11.0. The molecule has 0 aliphatic carbocycles. The number of nitrogens with zero attached hydrogens (tertiary/aromatic N) is 3. The Morgan fingerprint density at radius 3 is 2.46 bits per heavy atom. The number of amides is 1. The molecule has 0 saturated heterocycles. The summed E-state index contributed by atoms with van der Waals surface area (Å²) in [4.78, 5) is 17.9. The second kappa shape index (κ2) is 10.2. The predicted molar refractivity (Wildman–Crippen MR) is 139 cm³/mol. The molecule has 0 aliphatic heterocycles. The fourth-order valence-electron chi connectivity index (χ4n) is 4.35. The monoisotopic (exact) mass is 472 g/mol. The first-order valence-electron chi connectivity index (χ1n) is 12.0. The molecule has 4 aromatic rings. The van der Waals surface area contributed by atoms with Gasteiger partial charge in [0.25, 0.3) is 5.91 Å². The summed E-state index contributed by atoms with van der Waals surface area (Å²) >= 11 is 0. The Bertz CT molecular complexity index is 1390. The Hall–Kier alpha value is -3.87. The van der Waals surface area contributed by atoms with Crippen molar-refractivity contribution in [2.45, 2.75) is 48.0 Å². The van der Waals surface area contributed by atoms with Crippen LogP contribution in [-0.2, 0) is 6.42 Å². The zero-order valence-corrected chi connectivity index (χ0v) is 21.2. The lowest BCUT2D eigenvalue weighted by Crippen LogP contribution is -2.17. The molecule has 0 aliphatic rings. The molecule has 35 heavy (non-hydrogen) atoms. The van der Waals surface area contributed by atoms with E-state index in [1.165, 1.54) is 0 Å².